The zero-order valence-electron chi connectivity index (χ0n) is 15.0. The first-order valence-corrected chi connectivity index (χ1v) is 9.96. The second-order valence-corrected chi connectivity index (χ2v) is 7.91. The van der Waals surface area contributed by atoms with Crippen molar-refractivity contribution in [2.24, 2.45) is 0 Å². The molecule has 1 aliphatic rings. The van der Waals surface area contributed by atoms with Gasteiger partial charge in [0.1, 0.15) is 30.2 Å². The monoisotopic (exact) mass is 413 g/mol. The number of nitrogens with zero attached hydrogens (tertiary/aromatic N) is 4. The first kappa shape index (κ1) is 17.3. The molecule has 0 spiro atoms. The van der Waals surface area contributed by atoms with Crippen LogP contribution in [0, 0.1) is 6.92 Å². The van der Waals surface area contributed by atoms with Gasteiger partial charge in [0.05, 0.1) is 10.4 Å². The number of anilines is 1. The van der Waals surface area contributed by atoms with Crippen molar-refractivity contribution in [1.29, 1.82) is 0 Å². The van der Waals surface area contributed by atoms with E-state index in [9.17, 15) is 0 Å². The fourth-order valence-corrected chi connectivity index (χ4v) is 4.33. The molecule has 9 heteroatoms. The highest BCUT2D eigenvalue weighted by Crippen LogP contribution is 2.38. The zero-order valence-corrected chi connectivity index (χ0v) is 16.5. The number of benzene rings is 1. The molecule has 0 saturated heterocycles. The predicted molar refractivity (Wildman–Crippen MR) is 109 cm³/mol. The SMILES string of the molecule is Cc1sc2nc(-n3ccnc3)nc(NCc3ccc4c(c3)OCCO4)c2c1Cl. The minimum Gasteiger partial charge on any atom is -0.486 e. The number of rotatable bonds is 4. The summed E-state index contributed by atoms with van der Waals surface area (Å²) in [7, 11) is 0. The number of hydrogen-bond acceptors (Lipinski definition) is 7. The van der Waals surface area contributed by atoms with Crippen molar-refractivity contribution in [3.05, 3.63) is 52.4 Å². The van der Waals surface area contributed by atoms with Gasteiger partial charge in [-0.25, -0.2) is 9.97 Å². The van der Waals surface area contributed by atoms with E-state index in [0.717, 1.165) is 32.2 Å². The maximum Gasteiger partial charge on any atom is 0.238 e. The third-order valence-electron chi connectivity index (χ3n) is 4.44. The van der Waals surface area contributed by atoms with Crippen LogP contribution in [0.5, 0.6) is 11.5 Å². The molecule has 4 heterocycles. The van der Waals surface area contributed by atoms with E-state index in [2.05, 4.69) is 20.3 Å². The maximum absolute atomic E-state index is 6.54. The quantitative estimate of drug-likeness (QED) is 0.540. The van der Waals surface area contributed by atoms with Gasteiger partial charge in [0, 0.05) is 23.8 Å². The summed E-state index contributed by atoms with van der Waals surface area (Å²) in [5.41, 5.74) is 1.06. The average Bonchev–Trinajstić information content (AvgIpc) is 3.35. The molecule has 0 radical (unpaired) electrons. The second kappa shape index (κ2) is 6.96. The first-order chi connectivity index (χ1) is 13.7. The molecular formula is C19H16ClN5O2S. The Morgan fingerprint density at radius 2 is 2.07 bits per heavy atom. The number of aromatic nitrogens is 4. The average molecular weight is 414 g/mol. The molecule has 142 valence electrons. The summed E-state index contributed by atoms with van der Waals surface area (Å²) in [5.74, 6) is 2.78. The molecule has 28 heavy (non-hydrogen) atoms. The molecule has 1 N–H and O–H groups in total. The Morgan fingerprint density at radius 3 is 2.89 bits per heavy atom. The fourth-order valence-electron chi connectivity index (χ4n) is 3.07. The Hall–Kier alpha value is -2.84. The Morgan fingerprint density at radius 1 is 1.21 bits per heavy atom. The Balaban J connectivity index is 1.51. The normalized spacial score (nSPS) is 13.1. The van der Waals surface area contributed by atoms with Crippen molar-refractivity contribution in [2.45, 2.75) is 13.5 Å². The van der Waals surface area contributed by atoms with E-state index in [1.165, 1.54) is 0 Å². The topological polar surface area (TPSA) is 74.1 Å². The van der Waals surface area contributed by atoms with Crippen LogP contribution in [0.1, 0.15) is 10.4 Å². The van der Waals surface area contributed by atoms with Gasteiger partial charge < -0.3 is 14.8 Å². The third-order valence-corrected chi connectivity index (χ3v) is 6.03. The molecule has 1 aliphatic heterocycles. The molecular weight excluding hydrogens is 398 g/mol. The molecule has 0 amide bonds. The van der Waals surface area contributed by atoms with Crippen LogP contribution in [-0.2, 0) is 6.54 Å². The molecule has 0 saturated carbocycles. The predicted octanol–water partition coefficient (Wildman–Crippen LogP) is 4.22. The first-order valence-electron chi connectivity index (χ1n) is 8.76. The number of imidazole rings is 1. The van der Waals surface area contributed by atoms with Crippen LogP contribution >= 0.6 is 22.9 Å². The van der Waals surface area contributed by atoms with Crippen LogP contribution in [0.15, 0.2) is 36.9 Å². The minimum absolute atomic E-state index is 0.549. The van der Waals surface area contributed by atoms with Gasteiger partial charge in [-0.1, -0.05) is 17.7 Å². The summed E-state index contributed by atoms with van der Waals surface area (Å²) in [5, 5.41) is 4.93. The van der Waals surface area contributed by atoms with Gasteiger partial charge in [0.15, 0.2) is 11.5 Å². The summed E-state index contributed by atoms with van der Waals surface area (Å²) in [6.45, 7) is 3.69. The van der Waals surface area contributed by atoms with Crippen LogP contribution in [0.4, 0.5) is 5.82 Å². The van der Waals surface area contributed by atoms with Gasteiger partial charge in [-0.3, -0.25) is 4.57 Å². The Bertz CT molecular complexity index is 1160. The van der Waals surface area contributed by atoms with E-state index in [0.29, 0.717) is 36.5 Å². The Kier molecular flexibility index (Phi) is 4.29. The summed E-state index contributed by atoms with van der Waals surface area (Å²) in [4.78, 5) is 15.3. The highest BCUT2D eigenvalue weighted by atomic mass is 35.5. The molecule has 0 bridgehead atoms. The highest BCUT2D eigenvalue weighted by Gasteiger charge is 2.17. The molecule has 0 atom stereocenters. The number of halogens is 1. The van der Waals surface area contributed by atoms with Gasteiger partial charge in [-0.2, -0.15) is 4.98 Å². The number of hydrogen-bond donors (Lipinski definition) is 1. The van der Waals surface area contributed by atoms with Crippen molar-refractivity contribution >= 4 is 39.0 Å². The van der Waals surface area contributed by atoms with E-state index in [1.54, 1.807) is 28.4 Å². The van der Waals surface area contributed by atoms with Gasteiger partial charge in [-0.05, 0) is 24.6 Å². The number of aryl methyl sites for hydroxylation is 1. The van der Waals surface area contributed by atoms with Crippen molar-refractivity contribution in [1.82, 2.24) is 19.5 Å². The molecule has 0 aliphatic carbocycles. The lowest BCUT2D eigenvalue weighted by atomic mass is 10.2. The van der Waals surface area contributed by atoms with Gasteiger partial charge in [-0.15, -0.1) is 11.3 Å². The highest BCUT2D eigenvalue weighted by molar-refractivity contribution is 7.19. The third kappa shape index (κ3) is 3.04. The largest absolute Gasteiger partial charge is 0.486 e. The molecule has 1 aromatic carbocycles. The van der Waals surface area contributed by atoms with Crippen LogP contribution in [0.25, 0.3) is 16.2 Å². The van der Waals surface area contributed by atoms with Crippen molar-refractivity contribution in [3.63, 3.8) is 0 Å². The lowest BCUT2D eigenvalue weighted by Crippen LogP contribution is -2.15. The van der Waals surface area contributed by atoms with Gasteiger partial charge in [0.2, 0.25) is 5.95 Å². The summed E-state index contributed by atoms with van der Waals surface area (Å²) < 4.78 is 13.0. The number of thiophene rings is 1. The van der Waals surface area contributed by atoms with Crippen LogP contribution < -0.4 is 14.8 Å². The molecule has 4 aromatic rings. The molecule has 3 aromatic heterocycles. The fraction of sp³-hybridized carbons (Fsp3) is 0.211. The molecule has 5 rings (SSSR count). The van der Waals surface area contributed by atoms with Gasteiger partial charge in [0.25, 0.3) is 0 Å². The zero-order chi connectivity index (χ0) is 19.1. The van der Waals surface area contributed by atoms with E-state index in [1.807, 2.05) is 31.3 Å². The number of nitrogens with one attached hydrogen (secondary N) is 1. The smallest absolute Gasteiger partial charge is 0.238 e. The van der Waals surface area contributed by atoms with Crippen molar-refractivity contribution in [2.75, 3.05) is 18.5 Å². The second-order valence-electron chi connectivity index (χ2n) is 6.33. The lowest BCUT2D eigenvalue weighted by Gasteiger charge is -2.19. The maximum atomic E-state index is 6.54. The van der Waals surface area contributed by atoms with Crippen LogP contribution in [0.3, 0.4) is 0 Å². The van der Waals surface area contributed by atoms with Crippen molar-refractivity contribution in [3.8, 4) is 17.4 Å². The van der Waals surface area contributed by atoms with E-state index in [4.69, 9.17) is 21.1 Å². The molecule has 0 fully saturated rings. The molecule has 7 nitrogen and oxygen atoms in total. The summed E-state index contributed by atoms with van der Waals surface area (Å²) in [6, 6.07) is 5.92. The van der Waals surface area contributed by atoms with E-state index >= 15 is 0 Å². The van der Waals surface area contributed by atoms with Gasteiger partial charge >= 0.3 is 0 Å². The van der Waals surface area contributed by atoms with E-state index in [-0.39, 0.29) is 0 Å². The summed E-state index contributed by atoms with van der Waals surface area (Å²) >= 11 is 8.09. The summed E-state index contributed by atoms with van der Waals surface area (Å²) in [6.07, 6.45) is 5.18. The molecule has 0 unspecified atom stereocenters. The standard InChI is InChI=1S/C19H16ClN5O2S/c1-11-16(20)15-17(23-19(24-18(15)28-11)25-5-4-21-10-25)22-9-12-2-3-13-14(8-12)27-7-6-26-13/h2-5,8,10H,6-7,9H2,1H3,(H,22,23,24). The number of fused-ring (bicyclic) bond motifs is 2. The van der Waals surface area contributed by atoms with E-state index < -0.39 is 0 Å². The van der Waals surface area contributed by atoms with Crippen LogP contribution in [0.2, 0.25) is 5.02 Å². The van der Waals surface area contributed by atoms with Crippen LogP contribution in [-0.4, -0.2) is 32.7 Å². The lowest BCUT2D eigenvalue weighted by molar-refractivity contribution is 0.171. The number of ether oxygens (including phenoxy) is 2. The Labute approximate surface area is 169 Å². The minimum atomic E-state index is 0.549. The van der Waals surface area contributed by atoms with Crippen molar-refractivity contribution < 1.29 is 9.47 Å².